The van der Waals surface area contributed by atoms with Crippen LogP contribution in [-0.4, -0.2) is 36.6 Å². The summed E-state index contributed by atoms with van der Waals surface area (Å²) in [5, 5.41) is 3.50. The first-order valence-electron chi connectivity index (χ1n) is 7.20. The number of nitrogens with one attached hydrogen (secondary N) is 1. The van der Waals surface area contributed by atoms with Crippen molar-refractivity contribution in [2.45, 2.75) is 57.9 Å². The van der Waals surface area contributed by atoms with E-state index in [1.807, 2.05) is 0 Å². The monoisotopic (exact) mass is 224 g/mol. The Kier molecular flexibility index (Phi) is 4.26. The van der Waals surface area contributed by atoms with Gasteiger partial charge in [0.05, 0.1) is 0 Å². The molecule has 0 amide bonds. The van der Waals surface area contributed by atoms with Crippen molar-refractivity contribution in [3.05, 3.63) is 0 Å². The first-order valence-corrected chi connectivity index (χ1v) is 7.20. The van der Waals surface area contributed by atoms with Gasteiger partial charge >= 0.3 is 0 Å². The van der Waals surface area contributed by atoms with Gasteiger partial charge in [-0.2, -0.15) is 0 Å². The molecule has 1 aliphatic heterocycles. The summed E-state index contributed by atoms with van der Waals surface area (Å²) in [6.07, 6.45) is 8.63. The van der Waals surface area contributed by atoms with E-state index in [1.165, 1.54) is 58.2 Å². The van der Waals surface area contributed by atoms with Crippen molar-refractivity contribution in [3.63, 3.8) is 0 Å². The van der Waals surface area contributed by atoms with E-state index in [2.05, 4.69) is 24.1 Å². The molecule has 2 rings (SSSR count). The fraction of sp³-hybridized carbons (Fsp3) is 1.00. The largest absolute Gasteiger partial charge is 0.317 e. The maximum atomic E-state index is 3.50. The summed E-state index contributed by atoms with van der Waals surface area (Å²) in [4.78, 5) is 2.79. The Balaban J connectivity index is 1.82. The predicted molar refractivity (Wildman–Crippen MR) is 69.7 cm³/mol. The SMILES string of the molecule is CCNCC1CCN(C2(C)CCCCC2)C1. The molecule has 2 heteroatoms. The lowest BCUT2D eigenvalue weighted by Crippen LogP contribution is -2.46. The number of hydrogen-bond donors (Lipinski definition) is 1. The average Bonchev–Trinajstić information content (AvgIpc) is 2.77. The summed E-state index contributed by atoms with van der Waals surface area (Å²) in [5.74, 6) is 0.902. The van der Waals surface area contributed by atoms with Crippen molar-refractivity contribution in [3.8, 4) is 0 Å². The lowest BCUT2D eigenvalue weighted by molar-refractivity contribution is 0.0870. The van der Waals surface area contributed by atoms with Gasteiger partial charge in [-0.3, -0.25) is 4.90 Å². The van der Waals surface area contributed by atoms with Crippen LogP contribution in [0.25, 0.3) is 0 Å². The van der Waals surface area contributed by atoms with Crippen LogP contribution in [0.2, 0.25) is 0 Å². The zero-order valence-electron chi connectivity index (χ0n) is 11.1. The van der Waals surface area contributed by atoms with E-state index in [1.54, 1.807) is 0 Å². The zero-order chi connectivity index (χ0) is 11.4. The van der Waals surface area contributed by atoms with Crippen LogP contribution in [0.15, 0.2) is 0 Å². The topological polar surface area (TPSA) is 15.3 Å². The Morgan fingerprint density at radius 3 is 2.69 bits per heavy atom. The average molecular weight is 224 g/mol. The third-order valence-corrected chi connectivity index (χ3v) is 4.66. The van der Waals surface area contributed by atoms with Crippen LogP contribution in [0.5, 0.6) is 0 Å². The highest BCUT2D eigenvalue weighted by Gasteiger charge is 2.37. The summed E-state index contributed by atoms with van der Waals surface area (Å²) in [6, 6.07) is 0. The second-order valence-electron chi connectivity index (χ2n) is 5.97. The molecule has 0 aromatic carbocycles. The minimum absolute atomic E-state index is 0.541. The van der Waals surface area contributed by atoms with Gasteiger partial charge in [-0.05, 0) is 51.7 Å². The van der Waals surface area contributed by atoms with Crippen LogP contribution >= 0.6 is 0 Å². The van der Waals surface area contributed by atoms with Gasteiger partial charge < -0.3 is 5.32 Å². The number of rotatable bonds is 4. The molecule has 0 aromatic heterocycles. The van der Waals surface area contributed by atoms with Gasteiger partial charge in [0.2, 0.25) is 0 Å². The van der Waals surface area contributed by atoms with Crippen molar-refractivity contribution in [2.24, 2.45) is 5.92 Å². The van der Waals surface area contributed by atoms with Gasteiger partial charge in [0.15, 0.2) is 0 Å². The third kappa shape index (κ3) is 2.78. The molecule has 1 unspecified atom stereocenters. The molecule has 2 nitrogen and oxygen atoms in total. The van der Waals surface area contributed by atoms with Gasteiger partial charge in [-0.1, -0.05) is 26.2 Å². The highest BCUT2D eigenvalue weighted by atomic mass is 15.2. The Bertz CT molecular complexity index is 209. The first kappa shape index (κ1) is 12.4. The van der Waals surface area contributed by atoms with E-state index >= 15 is 0 Å². The zero-order valence-corrected chi connectivity index (χ0v) is 11.1. The minimum atomic E-state index is 0.541. The van der Waals surface area contributed by atoms with Crippen LogP contribution in [0.1, 0.15) is 52.4 Å². The van der Waals surface area contributed by atoms with Crippen LogP contribution in [0.4, 0.5) is 0 Å². The van der Waals surface area contributed by atoms with Gasteiger partial charge in [-0.25, -0.2) is 0 Å². The van der Waals surface area contributed by atoms with Crippen molar-refractivity contribution >= 4 is 0 Å². The Hall–Kier alpha value is -0.0800. The fourth-order valence-corrected chi connectivity index (χ4v) is 3.47. The third-order valence-electron chi connectivity index (χ3n) is 4.66. The molecule has 1 heterocycles. The summed E-state index contributed by atoms with van der Waals surface area (Å²) in [5.41, 5.74) is 0.541. The maximum Gasteiger partial charge on any atom is 0.0181 e. The second kappa shape index (κ2) is 5.50. The van der Waals surface area contributed by atoms with Crippen LogP contribution in [0.3, 0.4) is 0 Å². The summed E-state index contributed by atoms with van der Waals surface area (Å²) in [7, 11) is 0. The lowest BCUT2D eigenvalue weighted by atomic mass is 9.82. The molecule has 2 aliphatic rings. The van der Waals surface area contributed by atoms with Crippen molar-refractivity contribution in [1.82, 2.24) is 10.2 Å². The van der Waals surface area contributed by atoms with Crippen LogP contribution in [0, 0.1) is 5.92 Å². The first-order chi connectivity index (χ1) is 7.74. The van der Waals surface area contributed by atoms with Crippen LogP contribution < -0.4 is 5.32 Å². The van der Waals surface area contributed by atoms with E-state index in [-0.39, 0.29) is 0 Å². The van der Waals surface area contributed by atoms with Gasteiger partial charge in [0.25, 0.3) is 0 Å². The Morgan fingerprint density at radius 1 is 1.25 bits per heavy atom. The number of nitrogens with zero attached hydrogens (tertiary/aromatic N) is 1. The molecule has 1 aliphatic carbocycles. The van der Waals surface area contributed by atoms with Crippen molar-refractivity contribution < 1.29 is 0 Å². The molecular weight excluding hydrogens is 196 g/mol. The molecule has 16 heavy (non-hydrogen) atoms. The highest BCUT2D eigenvalue weighted by molar-refractivity contribution is 4.93. The molecule has 0 spiro atoms. The van der Waals surface area contributed by atoms with Crippen molar-refractivity contribution in [1.29, 1.82) is 0 Å². The van der Waals surface area contributed by atoms with Gasteiger partial charge in [0, 0.05) is 12.1 Å². The van der Waals surface area contributed by atoms with Crippen LogP contribution in [-0.2, 0) is 0 Å². The highest BCUT2D eigenvalue weighted by Crippen LogP contribution is 2.36. The maximum absolute atomic E-state index is 3.50. The molecule has 0 bridgehead atoms. The van der Waals surface area contributed by atoms with E-state index in [0.717, 1.165) is 12.5 Å². The van der Waals surface area contributed by atoms with E-state index < -0.39 is 0 Å². The lowest BCUT2D eigenvalue weighted by Gasteiger charge is -2.42. The number of likely N-dealkylation sites (tertiary alicyclic amines) is 1. The quantitative estimate of drug-likeness (QED) is 0.790. The van der Waals surface area contributed by atoms with E-state index in [4.69, 9.17) is 0 Å². The number of hydrogen-bond acceptors (Lipinski definition) is 2. The molecule has 1 saturated carbocycles. The van der Waals surface area contributed by atoms with Gasteiger partial charge in [0.1, 0.15) is 0 Å². The smallest absolute Gasteiger partial charge is 0.0181 e. The summed E-state index contributed by atoms with van der Waals surface area (Å²) >= 11 is 0. The molecule has 0 radical (unpaired) electrons. The molecule has 0 aromatic rings. The van der Waals surface area contributed by atoms with E-state index in [0.29, 0.717) is 5.54 Å². The normalized spacial score (nSPS) is 30.8. The molecular formula is C14H28N2. The summed E-state index contributed by atoms with van der Waals surface area (Å²) < 4.78 is 0. The summed E-state index contributed by atoms with van der Waals surface area (Å²) in [6.45, 7) is 9.73. The van der Waals surface area contributed by atoms with Crippen molar-refractivity contribution in [2.75, 3.05) is 26.2 Å². The molecule has 1 saturated heterocycles. The minimum Gasteiger partial charge on any atom is -0.317 e. The predicted octanol–water partition coefficient (Wildman–Crippen LogP) is 2.64. The Morgan fingerprint density at radius 2 is 2.00 bits per heavy atom. The molecule has 2 fully saturated rings. The molecule has 1 N–H and O–H groups in total. The standard InChI is InChI=1S/C14H28N2/c1-3-15-11-13-7-10-16(12-13)14(2)8-5-4-6-9-14/h13,15H,3-12H2,1-2H3. The van der Waals surface area contributed by atoms with Gasteiger partial charge in [-0.15, -0.1) is 0 Å². The fourth-order valence-electron chi connectivity index (χ4n) is 3.47. The molecule has 94 valence electrons. The Labute approximate surface area is 101 Å². The van der Waals surface area contributed by atoms with E-state index in [9.17, 15) is 0 Å². The molecule has 1 atom stereocenters. The second-order valence-corrected chi connectivity index (χ2v) is 5.97.